The number of likely N-dealkylation sites (N-methyl/N-ethyl adjacent to an activating group) is 1. The molecule has 0 unspecified atom stereocenters. The molecule has 1 amide bonds. The number of fused-ring (bicyclic) bond motifs is 2. The molecule has 3 aliphatic rings. The molecule has 30 heavy (non-hydrogen) atoms. The van der Waals surface area contributed by atoms with E-state index in [0.29, 0.717) is 6.42 Å². The molecular weight excluding hydrogens is 386 g/mol. The second-order valence-corrected chi connectivity index (χ2v) is 8.42. The van der Waals surface area contributed by atoms with Gasteiger partial charge in [0.1, 0.15) is 6.10 Å². The van der Waals surface area contributed by atoms with E-state index in [-0.39, 0.29) is 17.6 Å². The molecule has 2 heterocycles. The molecule has 0 saturated carbocycles. The van der Waals surface area contributed by atoms with Crippen LogP contribution >= 0.6 is 0 Å². The van der Waals surface area contributed by atoms with Crippen LogP contribution in [-0.2, 0) is 19.1 Å². The molecule has 158 valence electrons. The van der Waals surface area contributed by atoms with E-state index in [1.54, 1.807) is 18.0 Å². The minimum atomic E-state index is -0.731. The van der Waals surface area contributed by atoms with Crippen LogP contribution in [0.3, 0.4) is 0 Å². The van der Waals surface area contributed by atoms with Crippen LogP contribution in [-0.4, -0.2) is 42.0 Å². The Labute approximate surface area is 175 Å². The fourth-order valence-corrected chi connectivity index (χ4v) is 4.69. The summed E-state index contributed by atoms with van der Waals surface area (Å²) in [6.07, 6.45) is 4.45. The predicted molar refractivity (Wildman–Crippen MR) is 107 cm³/mol. The summed E-state index contributed by atoms with van der Waals surface area (Å²) in [7, 11) is 1.76. The standard InChI is InChI=1S/C23H25NO6/c1-12-16-11-23(4)13(2)20(30-22(27)18-7-6-8-28-18)19(29-14(3)25)10-15(23)9-17(16)24(5)21(12)26/h6-10,13,19-20H,11H2,1-5H3/t13-,19+,20+,23+/m0/s1. The maximum atomic E-state index is 12.6. The van der Waals surface area contributed by atoms with Gasteiger partial charge < -0.3 is 18.8 Å². The largest absolute Gasteiger partial charge is 0.457 e. The smallest absolute Gasteiger partial charge is 0.374 e. The number of amides is 1. The van der Waals surface area contributed by atoms with Crippen LogP contribution in [0.2, 0.25) is 0 Å². The lowest BCUT2D eigenvalue weighted by atomic mass is 9.59. The molecule has 0 fully saturated rings. The third kappa shape index (κ3) is 3.00. The Hall–Kier alpha value is -3.09. The van der Waals surface area contributed by atoms with Gasteiger partial charge in [0.15, 0.2) is 6.10 Å². The van der Waals surface area contributed by atoms with Gasteiger partial charge in [-0.15, -0.1) is 0 Å². The third-order valence-electron chi connectivity index (χ3n) is 6.68. The summed E-state index contributed by atoms with van der Waals surface area (Å²) < 4.78 is 16.5. The van der Waals surface area contributed by atoms with Crippen molar-refractivity contribution >= 4 is 17.8 Å². The Morgan fingerprint density at radius 3 is 2.67 bits per heavy atom. The Kier molecular flexibility index (Phi) is 4.71. The summed E-state index contributed by atoms with van der Waals surface area (Å²) in [5, 5.41) is 0. The number of esters is 2. The Morgan fingerprint density at radius 1 is 1.30 bits per heavy atom. The molecule has 1 aromatic heterocycles. The van der Waals surface area contributed by atoms with Crippen LogP contribution in [0.15, 0.2) is 57.4 Å². The SMILES string of the molecule is CC(=O)O[C@@H]1C=C2C=C3C(=C(C)C(=O)N3C)C[C@]2(C)[C@@H](C)[C@H]1OC(=O)c1ccco1. The van der Waals surface area contributed by atoms with Gasteiger partial charge in [-0.25, -0.2) is 4.79 Å². The number of rotatable bonds is 3. The van der Waals surface area contributed by atoms with E-state index >= 15 is 0 Å². The molecule has 7 heteroatoms. The first-order chi connectivity index (χ1) is 14.1. The highest BCUT2D eigenvalue weighted by Crippen LogP contribution is 2.54. The lowest BCUT2D eigenvalue weighted by molar-refractivity contribution is -0.153. The molecule has 1 aromatic rings. The monoisotopic (exact) mass is 411 g/mol. The molecule has 0 saturated heterocycles. The number of allylic oxidation sites excluding steroid dienone is 3. The van der Waals surface area contributed by atoms with E-state index in [1.807, 2.05) is 26.0 Å². The van der Waals surface area contributed by atoms with Crippen molar-refractivity contribution in [2.45, 2.75) is 46.3 Å². The molecule has 4 atom stereocenters. The molecule has 0 N–H and O–H groups in total. The van der Waals surface area contributed by atoms with Gasteiger partial charge >= 0.3 is 11.9 Å². The van der Waals surface area contributed by atoms with E-state index in [9.17, 15) is 14.4 Å². The van der Waals surface area contributed by atoms with Crippen molar-refractivity contribution in [3.05, 3.63) is 58.7 Å². The van der Waals surface area contributed by atoms with Gasteiger partial charge in [0.05, 0.1) is 6.26 Å². The van der Waals surface area contributed by atoms with Crippen molar-refractivity contribution in [3.8, 4) is 0 Å². The Balaban J connectivity index is 1.76. The minimum Gasteiger partial charge on any atom is -0.457 e. The normalized spacial score (nSPS) is 30.4. The Bertz CT molecular complexity index is 1010. The molecule has 0 bridgehead atoms. The van der Waals surface area contributed by atoms with Crippen molar-refractivity contribution in [1.82, 2.24) is 4.90 Å². The summed E-state index contributed by atoms with van der Waals surface area (Å²) in [4.78, 5) is 38.5. The fraction of sp³-hybridized carbons (Fsp3) is 0.435. The number of hydrogen-bond donors (Lipinski definition) is 0. The summed E-state index contributed by atoms with van der Waals surface area (Å²) in [5.74, 6) is -1.16. The lowest BCUT2D eigenvalue weighted by Crippen LogP contribution is -2.50. The van der Waals surface area contributed by atoms with Gasteiger partial charge in [0, 0.05) is 36.6 Å². The topological polar surface area (TPSA) is 86.0 Å². The van der Waals surface area contributed by atoms with Crippen molar-refractivity contribution in [1.29, 1.82) is 0 Å². The van der Waals surface area contributed by atoms with E-state index in [0.717, 1.165) is 22.4 Å². The molecule has 2 aliphatic carbocycles. The van der Waals surface area contributed by atoms with Crippen LogP contribution in [0, 0.1) is 11.3 Å². The first-order valence-electron chi connectivity index (χ1n) is 9.97. The first-order valence-corrected chi connectivity index (χ1v) is 9.97. The predicted octanol–water partition coefficient (Wildman–Crippen LogP) is 3.40. The van der Waals surface area contributed by atoms with Crippen molar-refractivity contribution < 1.29 is 28.3 Å². The van der Waals surface area contributed by atoms with E-state index in [1.165, 1.54) is 19.3 Å². The second-order valence-electron chi connectivity index (χ2n) is 8.42. The van der Waals surface area contributed by atoms with Crippen LogP contribution in [0.4, 0.5) is 0 Å². The third-order valence-corrected chi connectivity index (χ3v) is 6.68. The maximum absolute atomic E-state index is 12.6. The number of nitrogens with zero attached hydrogens (tertiary/aromatic N) is 1. The minimum absolute atomic E-state index is 0.0101. The van der Waals surface area contributed by atoms with E-state index in [2.05, 4.69) is 6.92 Å². The summed E-state index contributed by atoms with van der Waals surface area (Å²) >= 11 is 0. The summed E-state index contributed by atoms with van der Waals surface area (Å²) in [6, 6.07) is 3.14. The van der Waals surface area contributed by atoms with Crippen LogP contribution in [0.1, 0.15) is 44.7 Å². The first kappa shape index (κ1) is 20.2. The molecule has 0 radical (unpaired) electrons. The highest BCUT2D eigenvalue weighted by molar-refractivity contribution is 6.00. The quantitative estimate of drug-likeness (QED) is 0.709. The zero-order chi connectivity index (χ0) is 21.8. The molecule has 0 spiro atoms. The van der Waals surface area contributed by atoms with Gasteiger partial charge in [-0.3, -0.25) is 9.59 Å². The van der Waals surface area contributed by atoms with Gasteiger partial charge in [-0.05, 0) is 48.8 Å². The van der Waals surface area contributed by atoms with Crippen molar-refractivity contribution in [2.75, 3.05) is 7.05 Å². The van der Waals surface area contributed by atoms with E-state index in [4.69, 9.17) is 13.9 Å². The highest BCUT2D eigenvalue weighted by Gasteiger charge is 2.52. The van der Waals surface area contributed by atoms with Crippen molar-refractivity contribution in [3.63, 3.8) is 0 Å². The second kappa shape index (κ2) is 7.00. The molecule has 4 rings (SSSR count). The van der Waals surface area contributed by atoms with E-state index < -0.39 is 29.6 Å². The van der Waals surface area contributed by atoms with Gasteiger partial charge in [0.2, 0.25) is 5.76 Å². The maximum Gasteiger partial charge on any atom is 0.374 e. The lowest BCUT2D eigenvalue weighted by Gasteiger charge is -2.48. The van der Waals surface area contributed by atoms with Crippen LogP contribution in [0.25, 0.3) is 0 Å². The Morgan fingerprint density at radius 2 is 2.03 bits per heavy atom. The summed E-state index contributed by atoms with van der Waals surface area (Å²) in [5.41, 5.74) is 3.20. The number of carbonyl (C=O) groups excluding carboxylic acids is 3. The fourth-order valence-electron chi connectivity index (χ4n) is 4.69. The highest BCUT2D eigenvalue weighted by atomic mass is 16.6. The van der Waals surface area contributed by atoms with Crippen molar-refractivity contribution in [2.24, 2.45) is 11.3 Å². The molecule has 1 aliphatic heterocycles. The van der Waals surface area contributed by atoms with Crippen LogP contribution < -0.4 is 0 Å². The number of carbonyl (C=O) groups is 3. The van der Waals surface area contributed by atoms with Gasteiger partial charge in [-0.1, -0.05) is 13.8 Å². The van der Waals surface area contributed by atoms with Crippen LogP contribution in [0.5, 0.6) is 0 Å². The molecule has 7 nitrogen and oxygen atoms in total. The summed E-state index contributed by atoms with van der Waals surface area (Å²) in [6.45, 7) is 7.25. The number of furan rings is 1. The average Bonchev–Trinajstić information content (AvgIpc) is 3.29. The number of hydrogen-bond acceptors (Lipinski definition) is 6. The van der Waals surface area contributed by atoms with Gasteiger partial charge in [0.25, 0.3) is 5.91 Å². The zero-order valence-electron chi connectivity index (χ0n) is 17.7. The molecular formula is C23H25NO6. The zero-order valence-corrected chi connectivity index (χ0v) is 17.7. The number of ether oxygens (including phenoxy) is 2. The van der Waals surface area contributed by atoms with Gasteiger partial charge in [-0.2, -0.15) is 0 Å². The molecule has 0 aromatic carbocycles. The average molecular weight is 411 g/mol.